The number of nitrogens with one attached hydrogen (secondary N) is 1. The lowest BCUT2D eigenvalue weighted by atomic mass is 10.1. The van der Waals surface area contributed by atoms with Gasteiger partial charge < -0.3 is 10.1 Å². The molecule has 0 aliphatic heterocycles. The Labute approximate surface area is 165 Å². The first-order chi connectivity index (χ1) is 13.3. The fourth-order valence-electron chi connectivity index (χ4n) is 2.80. The molecule has 2 aromatic rings. The molecule has 2 rings (SSSR count). The van der Waals surface area contributed by atoms with Gasteiger partial charge in [0, 0.05) is 25.2 Å². The van der Waals surface area contributed by atoms with Crippen molar-refractivity contribution in [1.29, 1.82) is 0 Å². The first kappa shape index (κ1) is 21.8. The van der Waals surface area contributed by atoms with Crippen LogP contribution in [-0.4, -0.2) is 45.4 Å². The van der Waals surface area contributed by atoms with E-state index in [4.69, 9.17) is 4.74 Å². The van der Waals surface area contributed by atoms with Crippen molar-refractivity contribution in [3.8, 4) is 5.75 Å². The van der Waals surface area contributed by atoms with Crippen molar-refractivity contribution in [2.45, 2.75) is 25.2 Å². The number of carbonyl (C=O) groups is 1. The quantitative estimate of drug-likeness (QED) is 0.692. The third kappa shape index (κ3) is 5.08. The number of carbonyl (C=O) groups excluding carboxylic acids is 1. The molecule has 2 aromatic carbocycles. The van der Waals surface area contributed by atoms with Crippen LogP contribution in [0.15, 0.2) is 47.4 Å². The van der Waals surface area contributed by atoms with Gasteiger partial charge in [0.1, 0.15) is 16.5 Å². The lowest BCUT2D eigenvalue weighted by molar-refractivity contribution is 0.0954. The van der Waals surface area contributed by atoms with E-state index in [0.29, 0.717) is 26.1 Å². The van der Waals surface area contributed by atoms with Crippen molar-refractivity contribution in [3.05, 3.63) is 59.4 Å². The molecule has 0 heterocycles. The number of ether oxygens (including phenoxy) is 1. The van der Waals surface area contributed by atoms with Crippen molar-refractivity contribution in [3.63, 3.8) is 0 Å². The van der Waals surface area contributed by atoms with E-state index >= 15 is 0 Å². The van der Waals surface area contributed by atoms with E-state index in [-0.39, 0.29) is 27.9 Å². The predicted molar refractivity (Wildman–Crippen MR) is 106 cm³/mol. The van der Waals surface area contributed by atoms with Crippen LogP contribution in [-0.2, 0) is 16.4 Å². The molecular weight excluding hydrogens is 383 g/mol. The van der Waals surface area contributed by atoms with E-state index in [1.807, 2.05) is 0 Å². The Bertz CT molecular complexity index is 910. The van der Waals surface area contributed by atoms with Gasteiger partial charge in [-0.05, 0) is 42.3 Å². The van der Waals surface area contributed by atoms with Crippen molar-refractivity contribution in [2.24, 2.45) is 0 Å². The Hall–Kier alpha value is -2.45. The molecule has 0 saturated carbocycles. The minimum atomic E-state index is -3.77. The topological polar surface area (TPSA) is 75.7 Å². The van der Waals surface area contributed by atoms with E-state index in [0.717, 1.165) is 5.56 Å². The van der Waals surface area contributed by atoms with Crippen molar-refractivity contribution >= 4 is 15.9 Å². The van der Waals surface area contributed by atoms with Crippen LogP contribution in [0.3, 0.4) is 0 Å². The highest BCUT2D eigenvalue weighted by atomic mass is 32.2. The number of methoxy groups -OCH3 is 1. The van der Waals surface area contributed by atoms with Crippen LogP contribution in [0.5, 0.6) is 5.75 Å². The molecule has 0 unspecified atom stereocenters. The molecule has 0 aromatic heterocycles. The summed E-state index contributed by atoms with van der Waals surface area (Å²) in [7, 11) is -2.39. The number of nitrogens with zero attached hydrogens (tertiary/aromatic N) is 1. The zero-order chi connectivity index (χ0) is 20.7. The number of rotatable bonds is 9. The van der Waals surface area contributed by atoms with Crippen LogP contribution < -0.4 is 10.1 Å². The Balaban J connectivity index is 2.17. The zero-order valence-corrected chi connectivity index (χ0v) is 17.1. The average molecular weight is 408 g/mol. The molecule has 1 amide bonds. The lowest BCUT2D eigenvalue weighted by Crippen LogP contribution is -2.31. The predicted octanol–water partition coefficient (Wildman–Crippen LogP) is 2.84. The van der Waals surface area contributed by atoms with Gasteiger partial charge in [-0.3, -0.25) is 4.79 Å². The second-order valence-electron chi connectivity index (χ2n) is 6.09. The van der Waals surface area contributed by atoms with Crippen LogP contribution in [0.1, 0.15) is 29.8 Å². The van der Waals surface area contributed by atoms with Crippen LogP contribution in [0.4, 0.5) is 4.39 Å². The zero-order valence-electron chi connectivity index (χ0n) is 16.2. The monoisotopic (exact) mass is 408 g/mol. The summed E-state index contributed by atoms with van der Waals surface area (Å²) in [5.74, 6) is -0.511. The highest BCUT2D eigenvalue weighted by Gasteiger charge is 2.26. The summed E-state index contributed by atoms with van der Waals surface area (Å²) in [5.41, 5.74) is 1.12. The molecule has 0 atom stereocenters. The van der Waals surface area contributed by atoms with Crippen LogP contribution in [0.2, 0.25) is 0 Å². The van der Waals surface area contributed by atoms with Gasteiger partial charge in [0.15, 0.2) is 0 Å². The number of hydrogen-bond donors (Lipinski definition) is 1. The molecule has 0 radical (unpaired) electrons. The first-order valence-corrected chi connectivity index (χ1v) is 10.5. The molecule has 8 heteroatoms. The van der Waals surface area contributed by atoms with Gasteiger partial charge in [-0.25, -0.2) is 12.8 Å². The summed E-state index contributed by atoms with van der Waals surface area (Å²) in [6.45, 7) is 4.47. The number of halogens is 1. The van der Waals surface area contributed by atoms with Gasteiger partial charge in [-0.2, -0.15) is 4.31 Å². The summed E-state index contributed by atoms with van der Waals surface area (Å²) in [6, 6.07) is 10.4. The number of sulfonamides is 1. The Kier molecular flexibility index (Phi) is 7.53. The van der Waals surface area contributed by atoms with Crippen LogP contribution in [0.25, 0.3) is 0 Å². The van der Waals surface area contributed by atoms with Gasteiger partial charge in [0.2, 0.25) is 10.0 Å². The summed E-state index contributed by atoms with van der Waals surface area (Å²) >= 11 is 0. The minimum absolute atomic E-state index is 0.0371. The lowest BCUT2D eigenvalue weighted by Gasteiger charge is -2.20. The minimum Gasteiger partial charge on any atom is -0.495 e. The van der Waals surface area contributed by atoms with Gasteiger partial charge >= 0.3 is 0 Å². The summed E-state index contributed by atoms with van der Waals surface area (Å²) in [4.78, 5) is 12.4. The number of benzene rings is 2. The van der Waals surface area contributed by atoms with E-state index in [1.165, 1.54) is 41.7 Å². The van der Waals surface area contributed by atoms with Gasteiger partial charge in [-0.15, -0.1) is 0 Å². The highest BCUT2D eigenvalue weighted by molar-refractivity contribution is 7.89. The second-order valence-corrected chi connectivity index (χ2v) is 7.99. The number of hydrogen-bond acceptors (Lipinski definition) is 4. The van der Waals surface area contributed by atoms with E-state index in [2.05, 4.69) is 5.32 Å². The van der Waals surface area contributed by atoms with Crippen LogP contribution >= 0.6 is 0 Å². The summed E-state index contributed by atoms with van der Waals surface area (Å²) in [5, 5.41) is 2.75. The summed E-state index contributed by atoms with van der Waals surface area (Å²) < 4.78 is 45.1. The van der Waals surface area contributed by atoms with E-state index in [9.17, 15) is 17.6 Å². The van der Waals surface area contributed by atoms with Gasteiger partial charge in [0.25, 0.3) is 5.91 Å². The molecule has 1 N–H and O–H groups in total. The molecular formula is C20H25FN2O4S. The molecule has 0 saturated heterocycles. The average Bonchev–Trinajstić information content (AvgIpc) is 2.69. The van der Waals surface area contributed by atoms with Crippen molar-refractivity contribution in [2.75, 3.05) is 26.7 Å². The largest absolute Gasteiger partial charge is 0.495 e. The Morgan fingerprint density at radius 2 is 1.75 bits per heavy atom. The second kappa shape index (κ2) is 9.66. The third-order valence-electron chi connectivity index (χ3n) is 4.36. The SMILES string of the molecule is CCN(CC)S(=O)(=O)c1cc(C(=O)NCCc2ccc(F)cc2)ccc1OC. The third-order valence-corrected chi connectivity index (χ3v) is 6.43. The first-order valence-electron chi connectivity index (χ1n) is 9.04. The van der Waals surface area contributed by atoms with Gasteiger partial charge in [-0.1, -0.05) is 26.0 Å². The fourth-order valence-corrected chi connectivity index (χ4v) is 4.44. The molecule has 0 spiro atoms. The van der Waals surface area contributed by atoms with E-state index in [1.54, 1.807) is 26.0 Å². The molecule has 0 fully saturated rings. The van der Waals surface area contributed by atoms with Gasteiger partial charge in [0.05, 0.1) is 7.11 Å². The maximum Gasteiger partial charge on any atom is 0.251 e. The van der Waals surface area contributed by atoms with Crippen molar-refractivity contribution < 1.29 is 22.3 Å². The maximum atomic E-state index is 12.9. The normalized spacial score (nSPS) is 11.5. The summed E-state index contributed by atoms with van der Waals surface area (Å²) in [6.07, 6.45) is 0.535. The molecule has 0 aliphatic carbocycles. The molecule has 152 valence electrons. The molecule has 0 bridgehead atoms. The maximum absolute atomic E-state index is 12.9. The molecule has 6 nitrogen and oxygen atoms in total. The van der Waals surface area contributed by atoms with Crippen molar-refractivity contribution in [1.82, 2.24) is 9.62 Å². The standard InChI is InChI=1S/C20H25FN2O4S/c1-4-23(5-2)28(25,26)19-14-16(8-11-18(19)27-3)20(24)22-13-12-15-6-9-17(21)10-7-15/h6-11,14H,4-5,12-13H2,1-3H3,(H,22,24). The highest BCUT2D eigenvalue weighted by Crippen LogP contribution is 2.27. The molecule has 28 heavy (non-hydrogen) atoms. The number of amides is 1. The smallest absolute Gasteiger partial charge is 0.251 e. The fraction of sp³-hybridized carbons (Fsp3) is 0.350. The van der Waals surface area contributed by atoms with Crippen LogP contribution in [0, 0.1) is 5.82 Å². The van der Waals surface area contributed by atoms with E-state index < -0.39 is 10.0 Å². The molecule has 0 aliphatic rings. The Morgan fingerprint density at radius 1 is 1.11 bits per heavy atom. The Morgan fingerprint density at radius 3 is 2.32 bits per heavy atom.